The molecule has 1 aromatic carbocycles. The molecule has 4 heteroatoms. The number of rotatable bonds is 5. The number of hydrogen-bond acceptors (Lipinski definition) is 2. The Hall–Kier alpha value is -1.55. The fourth-order valence-corrected chi connectivity index (χ4v) is 1.43. The molecule has 1 unspecified atom stereocenters. The summed E-state index contributed by atoms with van der Waals surface area (Å²) in [6, 6.07) is 7.31. The van der Waals surface area contributed by atoms with Gasteiger partial charge in [0.15, 0.2) is 0 Å². The van der Waals surface area contributed by atoms with Gasteiger partial charge < -0.3 is 10.2 Å². The number of carbonyl (C=O) groups is 1. The van der Waals surface area contributed by atoms with Crippen LogP contribution in [0.1, 0.15) is 18.9 Å². The lowest BCUT2D eigenvalue weighted by Gasteiger charge is -2.08. The van der Waals surface area contributed by atoms with Gasteiger partial charge in [-0.3, -0.25) is 5.32 Å². The summed E-state index contributed by atoms with van der Waals surface area (Å²) >= 11 is 0. The average Bonchev–Trinajstić information content (AvgIpc) is 2.25. The maximum atomic E-state index is 10.4. The third-order valence-electron chi connectivity index (χ3n) is 2.42. The van der Waals surface area contributed by atoms with Gasteiger partial charge in [0.25, 0.3) is 0 Å². The highest BCUT2D eigenvalue weighted by molar-refractivity contribution is 5.82. The maximum Gasteiger partial charge on any atom is 0.409 e. The van der Waals surface area contributed by atoms with Crippen LogP contribution in [0.5, 0.6) is 0 Å². The summed E-state index contributed by atoms with van der Waals surface area (Å²) in [6.45, 7) is 2.17. The molecule has 1 atom stereocenters. The number of hydrogen-bond donors (Lipinski definition) is 3. The number of anilines is 1. The zero-order chi connectivity index (χ0) is 12.0. The fraction of sp³-hybridized carbons (Fsp3) is 0.417. The van der Waals surface area contributed by atoms with Crippen molar-refractivity contribution < 1.29 is 15.0 Å². The van der Waals surface area contributed by atoms with E-state index in [1.54, 1.807) is 6.07 Å². The third kappa shape index (κ3) is 4.31. The monoisotopic (exact) mass is 223 g/mol. The molecule has 0 spiro atoms. The van der Waals surface area contributed by atoms with Crippen LogP contribution in [0.4, 0.5) is 10.5 Å². The highest BCUT2D eigenvalue weighted by atomic mass is 16.4. The standard InChI is InChI=1S/C12H17NO3/c1-9(8-14)5-6-10-3-2-4-11(7-10)13-12(15)16/h2-4,7,9,13-14H,5-6,8H2,1H3,(H,15,16). The van der Waals surface area contributed by atoms with E-state index in [1.165, 1.54) is 0 Å². The Labute approximate surface area is 94.9 Å². The quantitative estimate of drug-likeness (QED) is 0.717. The lowest BCUT2D eigenvalue weighted by molar-refractivity contribution is 0.210. The predicted octanol–water partition coefficient (Wildman–Crippen LogP) is 2.34. The van der Waals surface area contributed by atoms with Crippen molar-refractivity contribution in [2.24, 2.45) is 5.92 Å². The van der Waals surface area contributed by atoms with Gasteiger partial charge in [0.05, 0.1) is 0 Å². The molecule has 3 N–H and O–H groups in total. The summed E-state index contributed by atoms with van der Waals surface area (Å²) in [5.74, 6) is 0.274. The van der Waals surface area contributed by atoms with Crippen molar-refractivity contribution >= 4 is 11.8 Å². The van der Waals surface area contributed by atoms with Crippen LogP contribution in [-0.2, 0) is 6.42 Å². The lowest BCUT2D eigenvalue weighted by Crippen LogP contribution is -2.07. The topological polar surface area (TPSA) is 69.6 Å². The van der Waals surface area contributed by atoms with Crippen LogP contribution in [0.25, 0.3) is 0 Å². The van der Waals surface area contributed by atoms with Crippen molar-refractivity contribution in [3.8, 4) is 0 Å². The average molecular weight is 223 g/mol. The van der Waals surface area contributed by atoms with Crippen molar-refractivity contribution in [1.82, 2.24) is 0 Å². The highest BCUT2D eigenvalue weighted by Gasteiger charge is 2.02. The van der Waals surface area contributed by atoms with Crippen LogP contribution in [0.3, 0.4) is 0 Å². The Bertz CT molecular complexity index is 352. The minimum Gasteiger partial charge on any atom is -0.465 e. The number of carboxylic acid groups (broad SMARTS) is 1. The van der Waals surface area contributed by atoms with E-state index < -0.39 is 6.09 Å². The molecule has 0 aliphatic rings. The summed E-state index contributed by atoms with van der Waals surface area (Å²) in [4.78, 5) is 10.4. The van der Waals surface area contributed by atoms with E-state index in [1.807, 2.05) is 25.1 Å². The molecule has 0 aliphatic carbocycles. The zero-order valence-corrected chi connectivity index (χ0v) is 9.31. The second kappa shape index (κ2) is 6.12. The normalized spacial score (nSPS) is 12.1. The smallest absolute Gasteiger partial charge is 0.409 e. The zero-order valence-electron chi connectivity index (χ0n) is 9.31. The van der Waals surface area contributed by atoms with E-state index in [0.717, 1.165) is 18.4 Å². The van der Waals surface area contributed by atoms with Gasteiger partial charge in [-0.1, -0.05) is 19.1 Å². The maximum absolute atomic E-state index is 10.4. The highest BCUT2D eigenvalue weighted by Crippen LogP contribution is 2.14. The Morgan fingerprint density at radius 3 is 2.88 bits per heavy atom. The van der Waals surface area contributed by atoms with Crippen molar-refractivity contribution in [3.05, 3.63) is 29.8 Å². The van der Waals surface area contributed by atoms with Gasteiger partial charge in [-0.25, -0.2) is 4.79 Å². The Morgan fingerprint density at radius 1 is 1.50 bits per heavy atom. The number of aryl methyl sites for hydroxylation is 1. The molecule has 1 aromatic rings. The molecule has 0 saturated carbocycles. The van der Waals surface area contributed by atoms with Crippen molar-refractivity contribution in [2.45, 2.75) is 19.8 Å². The van der Waals surface area contributed by atoms with E-state index in [9.17, 15) is 4.79 Å². The van der Waals surface area contributed by atoms with Crippen LogP contribution >= 0.6 is 0 Å². The summed E-state index contributed by atoms with van der Waals surface area (Å²) in [5, 5.41) is 19.8. The van der Waals surface area contributed by atoms with Crippen molar-refractivity contribution in [3.63, 3.8) is 0 Å². The van der Waals surface area contributed by atoms with Crippen molar-refractivity contribution in [2.75, 3.05) is 11.9 Å². The second-order valence-electron chi connectivity index (χ2n) is 3.96. The summed E-state index contributed by atoms with van der Waals surface area (Å²) in [6.07, 6.45) is 0.685. The first-order chi connectivity index (χ1) is 7.61. The fourth-order valence-electron chi connectivity index (χ4n) is 1.43. The largest absolute Gasteiger partial charge is 0.465 e. The van der Waals surface area contributed by atoms with Gasteiger partial charge in [-0.05, 0) is 36.5 Å². The number of aliphatic hydroxyl groups excluding tert-OH is 1. The molecule has 1 rings (SSSR count). The van der Waals surface area contributed by atoms with Gasteiger partial charge in [-0.15, -0.1) is 0 Å². The number of benzene rings is 1. The molecule has 0 bridgehead atoms. The molecule has 0 fully saturated rings. The first-order valence-corrected chi connectivity index (χ1v) is 5.31. The van der Waals surface area contributed by atoms with Gasteiger partial charge >= 0.3 is 6.09 Å². The van der Waals surface area contributed by atoms with Gasteiger partial charge in [0, 0.05) is 12.3 Å². The molecule has 0 radical (unpaired) electrons. The molecule has 0 heterocycles. The van der Waals surface area contributed by atoms with Crippen LogP contribution in [0, 0.1) is 5.92 Å². The predicted molar refractivity (Wildman–Crippen MR) is 62.7 cm³/mol. The SMILES string of the molecule is CC(CO)CCc1cccc(NC(=O)O)c1. The van der Waals surface area contributed by atoms with E-state index in [4.69, 9.17) is 10.2 Å². The molecular weight excluding hydrogens is 206 g/mol. The summed E-state index contributed by atoms with van der Waals surface area (Å²) in [5.41, 5.74) is 1.66. The lowest BCUT2D eigenvalue weighted by atomic mass is 10.0. The van der Waals surface area contributed by atoms with Crippen LogP contribution < -0.4 is 5.32 Å². The molecule has 0 aromatic heterocycles. The van der Waals surface area contributed by atoms with Gasteiger partial charge in [0.2, 0.25) is 0 Å². The Balaban J connectivity index is 2.56. The number of nitrogens with one attached hydrogen (secondary N) is 1. The second-order valence-corrected chi connectivity index (χ2v) is 3.96. The van der Waals surface area contributed by atoms with Crippen LogP contribution in [0.2, 0.25) is 0 Å². The number of amides is 1. The molecule has 88 valence electrons. The van der Waals surface area contributed by atoms with E-state index in [0.29, 0.717) is 5.69 Å². The van der Waals surface area contributed by atoms with Gasteiger partial charge in [0.1, 0.15) is 0 Å². The van der Waals surface area contributed by atoms with Crippen LogP contribution in [-0.4, -0.2) is 22.9 Å². The third-order valence-corrected chi connectivity index (χ3v) is 2.42. The van der Waals surface area contributed by atoms with Crippen molar-refractivity contribution in [1.29, 1.82) is 0 Å². The Morgan fingerprint density at radius 2 is 2.25 bits per heavy atom. The van der Waals surface area contributed by atoms with E-state index >= 15 is 0 Å². The first-order valence-electron chi connectivity index (χ1n) is 5.31. The first kappa shape index (κ1) is 12.5. The van der Waals surface area contributed by atoms with Gasteiger partial charge in [-0.2, -0.15) is 0 Å². The molecule has 0 aliphatic heterocycles. The molecule has 1 amide bonds. The minimum atomic E-state index is -1.05. The Kier molecular flexibility index (Phi) is 4.79. The number of aliphatic hydroxyl groups is 1. The van der Waals surface area contributed by atoms with E-state index in [-0.39, 0.29) is 12.5 Å². The van der Waals surface area contributed by atoms with Crippen LogP contribution in [0.15, 0.2) is 24.3 Å². The molecule has 0 saturated heterocycles. The summed E-state index contributed by atoms with van der Waals surface area (Å²) in [7, 11) is 0. The summed E-state index contributed by atoms with van der Waals surface area (Å²) < 4.78 is 0. The van der Waals surface area contributed by atoms with E-state index in [2.05, 4.69) is 5.32 Å². The molecular formula is C12H17NO3. The molecule has 4 nitrogen and oxygen atoms in total. The molecule has 16 heavy (non-hydrogen) atoms. The minimum absolute atomic E-state index is 0.188.